The third-order valence-corrected chi connectivity index (χ3v) is 6.22. The van der Waals surface area contributed by atoms with E-state index in [9.17, 15) is 19.2 Å². The fourth-order valence-electron chi connectivity index (χ4n) is 5.42. The molecule has 2 N–H and O–H groups in total. The minimum Gasteiger partial charge on any atom is -0.453 e. The Labute approximate surface area is 158 Å². The van der Waals surface area contributed by atoms with Crippen LogP contribution in [0.3, 0.4) is 0 Å². The molecule has 0 aromatic rings. The van der Waals surface area contributed by atoms with Crippen molar-refractivity contribution in [2.75, 3.05) is 13.7 Å². The third kappa shape index (κ3) is 4.42. The average molecular weight is 380 g/mol. The maximum absolute atomic E-state index is 12.8. The van der Waals surface area contributed by atoms with Gasteiger partial charge in [0.25, 0.3) is 5.91 Å². The van der Waals surface area contributed by atoms with Gasteiger partial charge in [0, 0.05) is 12.0 Å². The Kier molecular flexibility index (Phi) is 5.72. The summed E-state index contributed by atoms with van der Waals surface area (Å²) in [5.41, 5.74) is -0.244. The Morgan fingerprint density at radius 3 is 2.11 bits per heavy atom. The predicted molar refractivity (Wildman–Crippen MR) is 94.3 cm³/mol. The van der Waals surface area contributed by atoms with Gasteiger partial charge in [0.2, 0.25) is 5.91 Å². The van der Waals surface area contributed by atoms with E-state index in [4.69, 9.17) is 4.74 Å². The second kappa shape index (κ2) is 7.86. The molecule has 150 valence electrons. The van der Waals surface area contributed by atoms with Crippen molar-refractivity contribution in [3.05, 3.63) is 0 Å². The second-order valence-corrected chi connectivity index (χ2v) is 8.32. The summed E-state index contributed by atoms with van der Waals surface area (Å²) < 4.78 is 9.29. The number of nitrogens with one attached hydrogen (secondary N) is 2. The molecule has 0 heterocycles. The topological polar surface area (TPSA) is 111 Å². The van der Waals surface area contributed by atoms with Gasteiger partial charge in [-0.2, -0.15) is 0 Å². The molecule has 0 aromatic heterocycles. The number of imide groups is 1. The fraction of sp³-hybridized carbons (Fsp3) is 0.789. The van der Waals surface area contributed by atoms with Crippen LogP contribution in [-0.4, -0.2) is 43.6 Å². The Balaban J connectivity index is 1.40. The molecule has 4 aliphatic carbocycles. The average Bonchev–Trinajstić information content (AvgIpc) is 2.60. The Morgan fingerprint density at radius 2 is 1.59 bits per heavy atom. The van der Waals surface area contributed by atoms with Crippen molar-refractivity contribution in [1.82, 2.24) is 10.6 Å². The maximum atomic E-state index is 12.8. The van der Waals surface area contributed by atoms with Crippen molar-refractivity contribution in [1.29, 1.82) is 0 Å². The van der Waals surface area contributed by atoms with Crippen molar-refractivity contribution in [2.24, 2.45) is 23.2 Å². The minimum absolute atomic E-state index is 0.0199. The van der Waals surface area contributed by atoms with Crippen LogP contribution in [0, 0.1) is 23.2 Å². The monoisotopic (exact) mass is 380 g/mol. The molecule has 27 heavy (non-hydrogen) atoms. The smallest absolute Gasteiger partial charge is 0.413 e. The third-order valence-electron chi connectivity index (χ3n) is 6.22. The molecule has 0 aromatic carbocycles. The maximum Gasteiger partial charge on any atom is 0.413 e. The van der Waals surface area contributed by atoms with Crippen LogP contribution in [0.1, 0.15) is 51.9 Å². The molecule has 4 saturated carbocycles. The molecule has 3 amide bonds. The first kappa shape index (κ1) is 19.6. The van der Waals surface area contributed by atoms with Crippen LogP contribution in [0.25, 0.3) is 0 Å². The zero-order valence-electron chi connectivity index (χ0n) is 15.9. The van der Waals surface area contributed by atoms with Gasteiger partial charge in [-0.15, -0.1) is 0 Å². The normalized spacial score (nSPS) is 31.7. The van der Waals surface area contributed by atoms with Crippen molar-refractivity contribution >= 4 is 23.9 Å². The van der Waals surface area contributed by atoms with Gasteiger partial charge in [0.05, 0.1) is 13.5 Å². The first-order valence-electron chi connectivity index (χ1n) is 9.68. The molecule has 8 heteroatoms. The number of amides is 3. The highest BCUT2D eigenvalue weighted by molar-refractivity contribution is 5.95. The predicted octanol–water partition coefficient (Wildman–Crippen LogP) is 1.52. The number of hydrogen-bond donors (Lipinski definition) is 2. The summed E-state index contributed by atoms with van der Waals surface area (Å²) in [7, 11) is 1.13. The van der Waals surface area contributed by atoms with Gasteiger partial charge < -0.3 is 14.8 Å². The summed E-state index contributed by atoms with van der Waals surface area (Å²) >= 11 is 0. The first-order chi connectivity index (χ1) is 12.8. The fourth-order valence-corrected chi connectivity index (χ4v) is 5.42. The molecular weight excluding hydrogens is 352 g/mol. The molecule has 4 fully saturated rings. The van der Waals surface area contributed by atoms with Crippen LogP contribution in [0.2, 0.25) is 0 Å². The van der Waals surface area contributed by atoms with Gasteiger partial charge >= 0.3 is 12.1 Å². The van der Waals surface area contributed by atoms with Crippen molar-refractivity contribution in [2.45, 2.75) is 58.0 Å². The van der Waals surface area contributed by atoms with Gasteiger partial charge in [-0.05, 0) is 63.2 Å². The van der Waals surface area contributed by atoms with Crippen LogP contribution in [0.15, 0.2) is 0 Å². The highest BCUT2D eigenvalue weighted by Gasteiger charge is 2.54. The second-order valence-electron chi connectivity index (χ2n) is 8.32. The Bertz CT molecular complexity index is 596. The zero-order chi connectivity index (χ0) is 19.6. The number of carbonyl (C=O) groups is 4. The van der Waals surface area contributed by atoms with E-state index in [2.05, 4.69) is 10.1 Å². The number of alkyl carbamates (subject to hydrolysis) is 1. The van der Waals surface area contributed by atoms with Crippen molar-refractivity contribution in [3.8, 4) is 0 Å². The van der Waals surface area contributed by atoms with Gasteiger partial charge in [-0.25, -0.2) is 4.79 Å². The number of hydrogen-bond acceptors (Lipinski definition) is 6. The molecule has 1 atom stereocenters. The highest BCUT2D eigenvalue weighted by atomic mass is 16.6. The molecule has 4 bridgehead atoms. The first-order valence-corrected chi connectivity index (χ1v) is 9.68. The number of rotatable bonds is 6. The molecule has 4 rings (SSSR count). The lowest BCUT2D eigenvalue weighted by Crippen LogP contribution is -2.53. The van der Waals surface area contributed by atoms with Crippen molar-refractivity contribution in [3.63, 3.8) is 0 Å². The molecule has 4 aliphatic rings. The zero-order valence-corrected chi connectivity index (χ0v) is 15.9. The summed E-state index contributed by atoms with van der Waals surface area (Å²) in [5, 5.41) is 4.84. The quantitative estimate of drug-likeness (QED) is 0.676. The lowest BCUT2D eigenvalue weighted by atomic mass is 9.49. The number of carbonyl (C=O) groups excluding carboxylic acids is 4. The molecule has 0 unspecified atom stereocenters. The lowest BCUT2D eigenvalue weighted by molar-refractivity contribution is -0.154. The van der Waals surface area contributed by atoms with Crippen LogP contribution in [-0.2, 0) is 23.9 Å². The van der Waals surface area contributed by atoms with Crippen LogP contribution in [0.5, 0.6) is 0 Å². The summed E-state index contributed by atoms with van der Waals surface area (Å²) in [6, 6.07) is 0. The molecule has 0 saturated heterocycles. The molecule has 0 spiro atoms. The summed E-state index contributed by atoms with van der Waals surface area (Å²) in [5.74, 6) is 0.746. The summed E-state index contributed by atoms with van der Waals surface area (Å²) in [6.45, 7) is 1.55. The lowest BCUT2D eigenvalue weighted by Gasteiger charge is -2.55. The minimum atomic E-state index is -1.12. The van der Waals surface area contributed by atoms with E-state index in [0.29, 0.717) is 17.8 Å². The summed E-state index contributed by atoms with van der Waals surface area (Å²) in [4.78, 5) is 47.3. The van der Waals surface area contributed by atoms with Crippen LogP contribution in [0.4, 0.5) is 4.79 Å². The highest BCUT2D eigenvalue weighted by Crippen LogP contribution is 2.60. The molecule has 0 aliphatic heterocycles. The van der Waals surface area contributed by atoms with Gasteiger partial charge in [0.15, 0.2) is 6.10 Å². The van der Waals surface area contributed by atoms with Crippen LogP contribution < -0.4 is 10.6 Å². The van der Waals surface area contributed by atoms with E-state index in [-0.39, 0.29) is 24.3 Å². The van der Waals surface area contributed by atoms with E-state index in [0.717, 1.165) is 26.4 Å². The molecule has 8 nitrogen and oxygen atoms in total. The SMILES string of the molecule is COC(=O)NC(=O)[C@H](C)OC(=O)CCNC(=O)C12CC3CC(CC(C3)C1)C2. The number of methoxy groups -OCH3 is 1. The van der Waals surface area contributed by atoms with Crippen molar-refractivity contribution < 1.29 is 28.7 Å². The van der Waals surface area contributed by atoms with Gasteiger partial charge in [-0.1, -0.05) is 0 Å². The van der Waals surface area contributed by atoms with E-state index in [1.54, 1.807) is 0 Å². The number of ether oxygens (including phenoxy) is 2. The Hall–Kier alpha value is -2.12. The largest absolute Gasteiger partial charge is 0.453 e. The molecular formula is C19H28N2O6. The molecule has 0 radical (unpaired) electrons. The van der Waals surface area contributed by atoms with Gasteiger partial charge in [0.1, 0.15) is 0 Å². The van der Waals surface area contributed by atoms with Gasteiger partial charge in [-0.3, -0.25) is 19.7 Å². The summed E-state index contributed by atoms with van der Waals surface area (Å²) in [6.07, 6.45) is 4.67. The number of esters is 1. The van der Waals surface area contributed by atoms with Crippen LogP contribution >= 0.6 is 0 Å². The van der Waals surface area contributed by atoms with E-state index in [1.807, 2.05) is 5.32 Å². The van der Waals surface area contributed by atoms with E-state index in [1.165, 1.54) is 26.2 Å². The van der Waals surface area contributed by atoms with E-state index >= 15 is 0 Å². The standard InChI is InChI=1S/C19H28N2O6/c1-11(16(23)21-18(25)26-2)27-15(22)3-4-20-17(24)19-8-12-5-13(9-19)7-14(6-12)10-19/h11-14H,3-10H2,1-2H3,(H,20,24)(H,21,23,25)/t11-,12?,13?,14?,19?/m0/s1. The Morgan fingerprint density at radius 1 is 1.04 bits per heavy atom. The van der Waals surface area contributed by atoms with E-state index < -0.39 is 24.1 Å².